The van der Waals surface area contributed by atoms with E-state index in [9.17, 15) is 0 Å². The van der Waals surface area contributed by atoms with Crippen LogP contribution in [-0.4, -0.2) is 14.8 Å². The van der Waals surface area contributed by atoms with Gasteiger partial charge in [-0.05, 0) is 17.2 Å². The fourth-order valence-corrected chi connectivity index (χ4v) is 4.15. The van der Waals surface area contributed by atoms with E-state index in [1.165, 1.54) is 11.1 Å². The van der Waals surface area contributed by atoms with Crippen LogP contribution >= 0.6 is 0 Å². The maximum atomic E-state index is 4.80. The molecule has 2 aromatic heterocycles. The van der Waals surface area contributed by atoms with E-state index >= 15 is 0 Å². The summed E-state index contributed by atoms with van der Waals surface area (Å²) in [6.07, 6.45) is 4.84. The first-order valence-corrected chi connectivity index (χ1v) is 9.38. The van der Waals surface area contributed by atoms with E-state index in [1.54, 1.807) is 6.20 Å². The zero-order valence-electron chi connectivity index (χ0n) is 15.0. The molecule has 0 spiro atoms. The van der Waals surface area contributed by atoms with Gasteiger partial charge in [0.05, 0.1) is 6.54 Å². The van der Waals surface area contributed by atoms with Crippen LogP contribution in [0.25, 0.3) is 5.82 Å². The molecule has 0 aliphatic carbocycles. The first kappa shape index (κ1) is 15.9. The lowest BCUT2D eigenvalue weighted by Crippen LogP contribution is -2.33. The largest absolute Gasteiger partial charge is 0.278 e. The Balaban J connectivity index is 1.46. The van der Waals surface area contributed by atoms with Gasteiger partial charge in [0.25, 0.3) is 5.82 Å². The van der Waals surface area contributed by atoms with Gasteiger partial charge in [-0.3, -0.25) is 0 Å². The molecule has 0 saturated carbocycles. The van der Waals surface area contributed by atoms with Crippen molar-refractivity contribution in [1.82, 2.24) is 14.8 Å². The molecular formula is C23H21N4+. The number of nitrogens with zero attached hydrogens (tertiary/aromatic N) is 4. The average molecular weight is 353 g/mol. The van der Waals surface area contributed by atoms with E-state index in [1.807, 2.05) is 22.9 Å². The molecule has 5 rings (SSSR count). The maximum absolute atomic E-state index is 4.80. The Kier molecular flexibility index (Phi) is 4.02. The zero-order chi connectivity index (χ0) is 18.1. The maximum Gasteiger partial charge on any atom is 0.278 e. The van der Waals surface area contributed by atoms with Crippen LogP contribution in [0.15, 0.2) is 91.4 Å². The van der Waals surface area contributed by atoms with Crippen LogP contribution in [0.5, 0.6) is 0 Å². The van der Waals surface area contributed by atoms with E-state index in [0.717, 1.165) is 24.6 Å². The van der Waals surface area contributed by atoms with Crippen molar-refractivity contribution >= 4 is 0 Å². The van der Waals surface area contributed by atoms with E-state index in [2.05, 4.69) is 76.5 Å². The summed E-state index contributed by atoms with van der Waals surface area (Å²) in [4.78, 5) is 4.40. The highest BCUT2D eigenvalue weighted by molar-refractivity contribution is 5.33. The Morgan fingerprint density at radius 3 is 2.11 bits per heavy atom. The number of aromatic nitrogens is 4. The molecule has 132 valence electrons. The Morgan fingerprint density at radius 2 is 1.52 bits per heavy atom. The van der Waals surface area contributed by atoms with Gasteiger partial charge < -0.3 is 0 Å². The number of benzene rings is 2. The van der Waals surface area contributed by atoms with E-state index in [-0.39, 0.29) is 0 Å². The van der Waals surface area contributed by atoms with Crippen molar-refractivity contribution in [3.63, 3.8) is 0 Å². The summed E-state index contributed by atoms with van der Waals surface area (Å²) in [5.74, 6) is 2.86. The average Bonchev–Trinajstić information content (AvgIpc) is 3.30. The lowest BCUT2D eigenvalue weighted by atomic mass is 9.80. The lowest BCUT2D eigenvalue weighted by molar-refractivity contribution is -0.695. The number of fused-ring (bicyclic) bond motifs is 1. The van der Waals surface area contributed by atoms with Crippen molar-refractivity contribution in [2.75, 3.05) is 0 Å². The predicted molar refractivity (Wildman–Crippen MR) is 103 cm³/mol. The summed E-state index contributed by atoms with van der Waals surface area (Å²) in [7, 11) is 0. The van der Waals surface area contributed by atoms with Gasteiger partial charge in [0.2, 0.25) is 12.1 Å². The molecule has 4 aromatic rings. The molecule has 0 fully saturated rings. The fraction of sp³-hybridized carbons (Fsp3) is 0.174. The molecule has 3 heterocycles. The molecule has 1 atom stereocenters. The standard InChI is InChI=1S/C23H21N4/c1-3-9-18(10-4-1)23(19-11-5-2-6-12-19)20-15-22-25-27(17-26(22)16-20)21-13-7-8-14-24-21/h1-14,17,20,23H,15-16H2/q+1/t20-/m1/s1. The SMILES string of the molecule is c1ccc(C(c2ccccc2)[C@@H]2Cc3nn(-c4ccccn4)c[n+]3C2)cc1. The van der Waals surface area contributed by atoms with Crippen molar-refractivity contribution in [3.8, 4) is 5.82 Å². The van der Waals surface area contributed by atoms with Gasteiger partial charge in [-0.2, -0.15) is 0 Å². The first-order valence-electron chi connectivity index (χ1n) is 9.38. The Labute approximate surface area is 158 Å². The minimum absolute atomic E-state index is 0.373. The molecule has 0 radical (unpaired) electrons. The summed E-state index contributed by atoms with van der Waals surface area (Å²) in [6.45, 7) is 0.969. The molecule has 0 saturated heterocycles. The fourth-order valence-electron chi connectivity index (χ4n) is 4.15. The molecule has 0 bridgehead atoms. The highest BCUT2D eigenvalue weighted by atomic mass is 15.4. The monoisotopic (exact) mass is 353 g/mol. The van der Waals surface area contributed by atoms with Crippen molar-refractivity contribution < 1.29 is 4.57 Å². The Hall–Kier alpha value is -3.27. The minimum Gasteiger partial charge on any atom is -0.234 e. The van der Waals surface area contributed by atoms with E-state index < -0.39 is 0 Å². The van der Waals surface area contributed by atoms with Crippen molar-refractivity contribution in [1.29, 1.82) is 0 Å². The number of rotatable bonds is 4. The summed E-state index contributed by atoms with van der Waals surface area (Å²) in [6, 6.07) is 27.6. The first-order chi connectivity index (χ1) is 13.4. The van der Waals surface area contributed by atoms with Crippen LogP contribution in [0.1, 0.15) is 22.9 Å². The second-order valence-corrected chi connectivity index (χ2v) is 7.08. The molecule has 0 N–H and O–H groups in total. The van der Waals surface area contributed by atoms with Crippen molar-refractivity contribution in [2.24, 2.45) is 5.92 Å². The van der Waals surface area contributed by atoms with Crippen molar-refractivity contribution in [3.05, 3.63) is 108 Å². The molecule has 0 unspecified atom stereocenters. The van der Waals surface area contributed by atoms with Gasteiger partial charge in [-0.25, -0.2) is 9.55 Å². The van der Waals surface area contributed by atoms with Crippen LogP contribution in [-0.2, 0) is 13.0 Å². The molecular weight excluding hydrogens is 332 g/mol. The third-order valence-corrected chi connectivity index (χ3v) is 5.35. The Morgan fingerprint density at radius 1 is 0.852 bits per heavy atom. The number of hydrogen-bond acceptors (Lipinski definition) is 2. The molecule has 4 nitrogen and oxygen atoms in total. The summed E-state index contributed by atoms with van der Waals surface area (Å²) >= 11 is 0. The smallest absolute Gasteiger partial charge is 0.234 e. The number of hydrogen-bond donors (Lipinski definition) is 0. The van der Waals surface area contributed by atoms with E-state index in [0.29, 0.717) is 11.8 Å². The summed E-state index contributed by atoms with van der Waals surface area (Å²) < 4.78 is 4.16. The molecule has 0 amide bonds. The Bertz CT molecular complexity index is 963. The predicted octanol–water partition coefficient (Wildman–Crippen LogP) is 3.56. The van der Waals surface area contributed by atoms with Gasteiger partial charge in [0.1, 0.15) is 0 Å². The summed E-state index contributed by atoms with van der Waals surface area (Å²) in [5, 5.41) is 4.80. The highest BCUT2D eigenvalue weighted by Crippen LogP contribution is 2.35. The second kappa shape index (κ2) is 6.80. The van der Waals surface area contributed by atoms with Gasteiger partial charge in [-0.1, -0.05) is 71.4 Å². The van der Waals surface area contributed by atoms with E-state index in [4.69, 9.17) is 5.10 Å². The topological polar surface area (TPSA) is 34.6 Å². The molecule has 2 aromatic carbocycles. The van der Waals surface area contributed by atoms with Crippen LogP contribution in [0.4, 0.5) is 0 Å². The zero-order valence-corrected chi connectivity index (χ0v) is 15.0. The summed E-state index contributed by atoms with van der Waals surface area (Å²) in [5.41, 5.74) is 2.74. The molecule has 1 aliphatic heterocycles. The van der Waals surface area contributed by atoms with Crippen LogP contribution in [0, 0.1) is 5.92 Å². The van der Waals surface area contributed by atoms with Gasteiger partial charge in [-0.15, -0.1) is 0 Å². The van der Waals surface area contributed by atoms with Crippen LogP contribution < -0.4 is 4.57 Å². The van der Waals surface area contributed by atoms with Crippen LogP contribution in [0.3, 0.4) is 0 Å². The third kappa shape index (κ3) is 3.04. The molecule has 4 heteroatoms. The van der Waals surface area contributed by atoms with Gasteiger partial charge in [0.15, 0.2) is 0 Å². The highest BCUT2D eigenvalue weighted by Gasteiger charge is 2.37. The lowest BCUT2D eigenvalue weighted by Gasteiger charge is -2.23. The van der Waals surface area contributed by atoms with Gasteiger partial charge in [0, 0.05) is 35.6 Å². The van der Waals surface area contributed by atoms with Crippen molar-refractivity contribution in [2.45, 2.75) is 18.9 Å². The normalized spacial score (nSPS) is 15.8. The third-order valence-electron chi connectivity index (χ3n) is 5.35. The van der Waals surface area contributed by atoms with Gasteiger partial charge >= 0.3 is 0 Å². The van der Waals surface area contributed by atoms with Crippen LogP contribution in [0.2, 0.25) is 0 Å². The molecule has 1 aliphatic rings. The quantitative estimate of drug-likeness (QED) is 0.526. The molecule has 27 heavy (non-hydrogen) atoms. The minimum atomic E-state index is 0.373. The number of pyridine rings is 1. The second-order valence-electron chi connectivity index (χ2n) is 7.08.